The number of nitrogens with zero attached hydrogens (tertiary/aromatic N) is 2. The van der Waals surface area contributed by atoms with Gasteiger partial charge >= 0.3 is 5.97 Å². The van der Waals surface area contributed by atoms with E-state index < -0.39 is 5.97 Å². The predicted octanol–water partition coefficient (Wildman–Crippen LogP) is 5.79. The summed E-state index contributed by atoms with van der Waals surface area (Å²) in [5.74, 6) is -0.277. The van der Waals surface area contributed by atoms with E-state index in [0.717, 1.165) is 22.9 Å². The van der Waals surface area contributed by atoms with Gasteiger partial charge in [0.1, 0.15) is 24.2 Å². The number of hydrogen-bond donors (Lipinski definition) is 0. The first-order valence-electron chi connectivity index (χ1n) is 9.83. The van der Waals surface area contributed by atoms with Crippen LogP contribution in [0.25, 0.3) is 0 Å². The van der Waals surface area contributed by atoms with E-state index in [1.807, 2.05) is 18.2 Å². The largest absolute Gasteiger partial charge is 0.488 e. The lowest BCUT2D eigenvalue weighted by Gasteiger charge is -2.18. The average Bonchev–Trinajstić information content (AvgIpc) is 3.23. The third kappa shape index (κ3) is 5.04. The maximum absolute atomic E-state index is 11.6. The summed E-state index contributed by atoms with van der Waals surface area (Å²) in [5, 5.41) is 2.40. The number of aldehydes is 1. The van der Waals surface area contributed by atoms with Crippen LogP contribution in [0.5, 0.6) is 11.5 Å². The minimum Gasteiger partial charge on any atom is -0.488 e. The second-order valence-electron chi connectivity index (χ2n) is 7.21. The SMILES string of the molecule is O=Cc1cc(Cl)c(OC2CCc3c(Br)cccc32)cc1OCc1cncc(C(=O)ON=O)c1. The molecule has 0 amide bonds. The molecule has 1 aromatic heterocycles. The first-order valence-corrected chi connectivity index (χ1v) is 11.0. The van der Waals surface area contributed by atoms with Crippen molar-refractivity contribution in [3.8, 4) is 11.5 Å². The fourth-order valence-electron chi connectivity index (χ4n) is 3.63. The molecule has 4 rings (SSSR count). The van der Waals surface area contributed by atoms with E-state index >= 15 is 0 Å². The molecule has 10 heteroatoms. The van der Waals surface area contributed by atoms with E-state index in [4.69, 9.17) is 21.1 Å². The van der Waals surface area contributed by atoms with Gasteiger partial charge in [-0.15, -0.1) is 4.91 Å². The third-order valence-electron chi connectivity index (χ3n) is 5.16. The number of carbonyl (C=O) groups excluding carboxylic acids is 2. The van der Waals surface area contributed by atoms with Crippen molar-refractivity contribution in [1.82, 2.24) is 4.98 Å². The molecule has 1 aliphatic rings. The van der Waals surface area contributed by atoms with Gasteiger partial charge in [-0.2, -0.15) is 0 Å². The number of rotatable bonds is 8. The highest BCUT2D eigenvalue weighted by Gasteiger charge is 2.26. The molecule has 0 spiro atoms. The molecule has 0 N–H and O–H groups in total. The Balaban J connectivity index is 1.54. The van der Waals surface area contributed by atoms with Crippen LogP contribution >= 0.6 is 27.5 Å². The fourth-order valence-corrected chi connectivity index (χ4v) is 4.43. The second kappa shape index (κ2) is 10.1. The maximum Gasteiger partial charge on any atom is 0.370 e. The van der Waals surface area contributed by atoms with Crippen molar-refractivity contribution in [3.63, 3.8) is 0 Å². The molecule has 8 nitrogen and oxygen atoms in total. The zero-order valence-corrected chi connectivity index (χ0v) is 19.3. The van der Waals surface area contributed by atoms with Gasteiger partial charge in [-0.1, -0.05) is 39.7 Å². The summed E-state index contributed by atoms with van der Waals surface area (Å²) in [6.07, 6.45) is 4.84. The Kier molecular flexibility index (Phi) is 7.00. The van der Waals surface area contributed by atoms with E-state index in [9.17, 15) is 14.5 Å². The number of pyridine rings is 1. The number of hydrogen-bond acceptors (Lipinski definition) is 8. The standard InChI is InChI=1S/C23H16BrClN2O6/c24-18-3-1-2-17-16(18)4-5-20(17)32-22-8-21(15(11-28)7-19(22)25)31-12-13-6-14(10-26-9-13)23(29)33-27-30/h1-3,6-11,20H,4-5,12H2. The van der Waals surface area contributed by atoms with Crippen molar-refractivity contribution in [2.24, 2.45) is 5.34 Å². The van der Waals surface area contributed by atoms with Gasteiger partial charge in [0, 0.05) is 28.5 Å². The molecule has 1 heterocycles. The quantitative estimate of drug-likeness (QED) is 0.206. The summed E-state index contributed by atoms with van der Waals surface area (Å²) in [5.41, 5.74) is 3.09. The van der Waals surface area contributed by atoms with Gasteiger partial charge < -0.3 is 9.47 Å². The minimum atomic E-state index is -0.932. The third-order valence-corrected chi connectivity index (χ3v) is 6.20. The van der Waals surface area contributed by atoms with Gasteiger partial charge in [0.15, 0.2) is 11.6 Å². The Morgan fingerprint density at radius 1 is 1.24 bits per heavy atom. The molecule has 0 radical (unpaired) electrons. The highest BCUT2D eigenvalue weighted by molar-refractivity contribution is 9.10. The average molecular weight is 532 g/mol. The van der Waals surface area contributed by atoms with Crippen LogP contribution in [0.2, 0.25) is 5.02 Å². The Morgan fingerprint density at radius 2 is 2.09 bits per heavy atom. The van der Waals surface area contributed by atoms with Crippen molar-refractivity contribution in [3.05, 3.63) is 91.0 Å². The molecule has 33 heavy (non-hydrogen) atoms. The Morgan fingerprint density at radius 3 is 2.88 bits per heavy atom. The molecule has 168 valence electrons. The second-order valence-corrected chi connectivity index (χ2v) is 8.48. The molecular formula is C23H16BrClN2O6. The van der Waals surface area contributed by atoms with Crippen molar-refractivity contribution < 1.29 is 23.9 Å². The molecule has 0 fully saturated rings. The summed E-state index contributed by atoms with van der Waals surface area (Å²) in [6, 6.07) is 10.5. The number of fused-ring (bicyclic) bond motifs is 1. The van der Waals surface area contributed by atoms with E-state index in [2.05, 4.69) is 31.1 Å². The molecule has 3 aromatic rings. The minimum absolute atomic E-state index is 0.0102. The zero-order valence-electron chi connectivity index (χ0n) is 17.0. The smallest absolute Gasteiger partial charge is 0.370 e. The number of halogens is 2. The first-order chi connectivity index (χ1) is 16.0. The van der Waals surface area contributed by atoms with E-state index in [-0.39, 0.29) is 29.6 Å². The van der Waals surface area contributed by atoms with Gasteiger partial charge in [-0.05, 0) is 42.2 Å². The number of carbonyl (C=O) groups is 2. The van der Waals surface area contributed by atoms with Gasteiger partial charge in [0.25, 0.3) is 0 Å². The maximum atomic E-state index is 11.6. The predicted molar refractivity (Wildman–Crippen MR) is 122 cm³/mol. The van der Waals surface area contributed by atoms with Crippen LogP contribution in [0, 0.1) is 4.91 Å². The Hall–Kier alpha value is -3.30. The fraction of sp³-hybridized carbons (Fsp3) is 0.174. The van der Waals surface area contributed by atoms with Crippen LogP contribution in [-0.4, -0.2) is 17.2 Å². The van der Waals surface area contributed by atoms with Gasteiger partial charge in [-0.25, -0.2) is 4.79 Å². The molecule has 0 saturated heterocycles. The molecule has 1 aliphatic carbocycles. The molecule has 0 aliphatic heterocycles. The number of aromatic nitrogens is 1. The van der Waals surface area contributed by atoms with Crippen LogP contribution < -0.4 is 9.47 Å². The van der Waals surface area contributed by atoms with Gasteiger partial charge in [-0.3, -0.25) is 14.6 Å². The van der Waals surface area contributed by atoms with Crippen LogP contribution in [0.4, 0.5) is 0 Å². The van der Waals surface area contributed by atoms with E-state index in [0.29, 0.717) is 22.6 Å². The topological polar surface area (TPSA) is 104 Å². The summed E-state index contributed by atoms with van der Waals surface area (Å²) in [6.45, 7) is -0.0102. The van der Waals surface area contributed by atoms with Crippen LogP contribution in [0.3, 0.4) is 0 Å². The molecular weight excluding hydrogens is 516 g/mol. The number of ether oxygens (including phenoxy) is 2. The van der Waals surface area contributed by atoms with Crippen LogP contribution in [0.1, 0.15) is 49.9 Å². The van der Waals surface area contributed by atoms with Crippen molar-refractivity contribution in [2.45, 2.75) is 25.6 Å². The lowest BCUT2D eigenvalue weighted by atomic mass is 10.1. The molecule has 2 aromatic carbocycles. The number of benzene rings is 2. The molecule has 1 unspecified atom stereocenters. The van der Waals surface area contributed by atoms with Crippen molar-refractivity contribution in [2.75, 3.05) is 0 Å². The molecule has 1 atom stereocenters. The molecule has 0 saturated carbocycles. The monoisotopic (exact) mass is 530 g/mol. The van der Waals surface area contributed by atoms with Crippen LogP contribution in [-0.2, 0) is 17.9 Å². The van der Waals surface area contributed by atoms with Crippen LogP contribution in [0.15, 0.2) is 58.6 Å². The van der Waals surface area contributed by atoms with Gasteiger partial charge in [0.05, 0.1) is 16.1 Å². The summed E-state index contributed by atoms with van der Waals surface area (Å²) in [4.78, 5) is 41.3. The van der Waals surface area contributed by atoms with E-state index in [1.54, 1.807) is 6.07 Å². The Bertz CT molecular complexity index is 1240. The molecule has 0 bridgehead atoms. The van der Waals surface area contributed by atoms with E-state index in [1.165, 1.54) is 30.1 Å². The summed E-state index contributed by atoms with van der Waals surface area (Å²) < 4.78 is 13.0. The summed E-state index contributed by atoms with van der Waals surface area (Å²) >= 11 is 9.95. The Labute approximate surface area is 201 Å². The van der Waals surface area contributed by atoms with Crippen molar-refractivity contribution >= 4 is 39.8 Å². The zero-order chi connectivity index (χ0) is 23.4. The highest BCUT2D eigenvalue weighted by Crippen LogP contribution is 2.41. The lowest BCUT2D eigenvalue weighted by molar-refractivity contribution is 0.0507. The van der Waals surface area contributed by atoms with Gasteiger partial charge in [0.2, 0.25) is 0 Å². The van der Waals surface area contributed by atoms with Crippen molar-refractivity contribution in [1.29, 1.82) is 0 Å². The highest BCUT2D eigenvalue weighted by atomic mass is 79.9. The summed E-state index contributed by atoms with van der Waals surface area (Å²) in [7, 11) is 0. The lowest BCUT2D eigenvalue weighted by Crippen LogP contribution is -2.06. The first kappa shape index (κ1) is 22.9. The normalized spacial score (nSPS) is 14.3.